The lowest BCUT2D eigenvalue weighted by atomic mass is 10.0. The summed E-state index contributed by atoms with van der Waals surface area (Å²) >= 11 is 1.55. The van der Waals surface area contributed by atoms with E-state index in [1.807, 2.05) is 34.0 Å². The van der Waals surface area contributed by atoms with Crippen molar-refractivity contribution >= 4 is 23.6 Å². The standard InChI is InChI=1S/C23H30N6OS/c1-31-22-24-23-28(15-14-26-11-6-3-7-12-26)20-10-13-27(16-18-8-4-2-5-9-18)21(30)19(20)17-29(23)25-22/h2,4-5,8-9H,3,6-7,10-17H2,1H3. The molecule has 1 aromatic carbocycles. The molecule has 0 spiro atoms. The van der Waals surface area contributed by atoms with E-state index in [1.54, 1.807) is 11.8 Å². The van der Waals surface area contributed by atoms with Crippen molar-refractivity contribution in [2.24, 2.45) is 0 Å². The Morgan fingerprint density at radius 3 is 2.61 bits per heavy atom. The molecule has 164 valence electrons. The summed E-state index contributed by atoms with van der Waals surface area (Å²) in [5.41, 5.74) is 3.20. The number of piperidine rings is 1. The number of nitrogens with zero attached hydrogens (tertiary/aromatic N) is 6. The van der Waals surface area contributed by atoms with E-state index in [0.29, 0.717) is 13.1 Å². The average Bonchev–Trinajstić information content (AvgIpc) is 3.23. The van der Waals surface area contributed by atoms with Gasteiger partial charge in [0.1, 0.15) is 0 Å². The van der Waals surface area contributed by atoms with Crippen LogP contribution < -0.4 is 4.90 Å². The van der Waals surface area contributed by atoms with Crippen LogP contribution in [-0.4, -0.2) is 69.5 Å². The molecule has 5 rings (SSSR count). The van der Waals surface area contributed by atoms with Gasteiger partial charge in [-0.3, -0.25) is 4.79 Å². The number of amides is 1. The fourth-order valence-electron chi connectivity index (χ4n) is 4.85. The van der Waals surface area contributed by atoms with Crippen molar-refractivity contribution in [1.82, 2.24) is 24.6 Å². The monoisotopic (exact) mass is 438 g/mol. The molecular weight excluding hydrogens is 408 g/mol. The Bertz CT molecular complexity index is 966. The van der Waals surface area contributed by atoms with Gasteiger partial charge in [-0.25, -0.2) is 4.68 Å². The van der Waals surface area contributed by atoms with Crippen LogP contribution in [0, 0.1) is 0 Å². The van der Waals surface area contributed by atoms with Gasteiger partial charge in [0, 0.05) is 38.3 Å². The highest BCUT2D eigenvalue weighted by atomic mass is 32.2. The molecule has 0 radical (unpaired) electrons. The number of fused-ring (bicyclic) bond motifs is 1. The Balaban J connectivity index is 1.39. The molecule has 0 atom stereocenters. The first-order valence-electron chi connectivity index (χ1n) is 11.3. The van der Waals surface area contributed by atoms with Crippen LogP contribution in [0.1, 0.15) is 31.2 Å². The summed E-state index contributed by atoms with van der Waals surface area (Å²) in [6.07, 6.45) is 6.78. The summed E-state index contributed by atoms with van der Waals surface area (Å²) in [5, 5.41) is 5.43. The van der Waals surface area contributed by atoms with Crippen LogP contribution in [-0.2, 0) is 17.9 Å². The van der Waals surface area contributed by atoms with Crippen molar-refractivity contribution < 1.29 is 4.79 Å². The highest BCUT2D eigenvalue weighted by Gasteiger charge is 2.36. The largest absolute Gasteiger partial charge is 0.334 e. The van der Waals surface area contributed by atoms with Crippen molar-refractivity contribution in [2.75, 3.05) is 43.9 Å². The van der Waals surface area contributed by atoms with E-state index in [1.165, 1.54) is 37.9 Å². The van der Waals surface area contributed by atoms with E-state index in [2.05, 4.69) is 27.0 Å². The summed E-state index contributed by atoms with van der Waals surface area (Å²) in [7, 11) is 0. The molecule has 8 heteroatoms. The summed E-state index contributed by atoms with van der Waals surface area (Å²) < 4.78 is 1.92. The third-order valence-corrected chi connectivity index (χ3v) is 7.05. The van der Waals surface area contributed by atoms with Crippen LogP contribution in [0.15, 0.2) is 46.8 Å². The number of hydrogen-bond donors (Lipinski definition) is 0. The molecule has 1 saturated heterocycles. The maximum atomic E-state index is 13.5. The lowest BCUT2D eigenvalue weighted by Crippen LogP contribution is -2.46. The van der Waals surface area contributed by atoms with Gasteiger partial charge in [-0.15, -0.1) is 5.10 Å². The molecule has 0 aliphatic carbocycles. The van der Waals surface area contributed by atoms with Gasteiger partial charge in [-0.1, -0.05) is 48.5 Å². The Morgan fingerprint density at radius 1 is 1.03 bits per heavy atom. The number of thioether (sulfide) groups is 1. The molecule has 31 heavy (non-hydrogen) atoms. The molecule has 1 fully saturated rings. The molecule has 0 unspecified atom stereocenters. The third kappa shape index (κ3) is 4.23. The smallest absolute Gasteiger partial charge is 0.253 e. The second-order valence-electron chi connectivity index (χ2n) is 8.50. The SMILES string of the molecule is CSc1nc2n(n1)CC1=C(CCN(Cc3ccccc3)C1=O)N2CCN1CCCCC1. The number of aromatic nitrogens is 3. The summed E-state index contributed by atoms with van der Waals surface area (Å²) in [4.78, 5) is 25.0. The van der Waals surface area contributed by atoms with E-state index in [-0.39, 0.29) is 5.91 Å². The zero-order valence-electron chi connectivity index (χ0n) is 18.2. The highest BCUT2D eigenvalue weighted by molar-refractivity contribution is 7.98. The van der Waals surface area contributed by atoms with E-state index < -0.39 is 0 Å². The van der Waals surface area contributed by atoms with Gasteiger partial charge in [0.05, 0.1) is 12.1 Å². The summed E-state index contributed by atoms with van der Waals surface area (Å²) in [6, 6.07) is 10.2. The highest BCUT2D eigenvalue weighted by Crippen LogP contribution is 2.34. The summed E-state index contributed by atoms with van der Waals surface area (Å²) in [6.45, 7) is 6.12. The Hall–Kier alpha value is -2.32. The van der Waals surface area contributed by atoms with Gasteiger partial charge in [-0.05, 0) is 37.8 Å². The molecule has 3 aliphatic heterocycles. The van der Waals surface area contributed by atoms with Gasteiger partial charge in [0.25, 0.3) is 5.91 Å². The molecule has 2 aromatic rings. The maximum absolute atomic E-state index is 13.5. The maximum Gasteiger partial charge on any atom is 0.253 e. The Morgan fingerprint density at radius 2 is 1.84 bits per heavy atom. The fraction of sp³-hybridized carbons (Fsp3) is 0.522. The van der Waals surface area contributed by atoms with E-state index in [0.717, 1.165) is 48.4 Å². The third-order valence-electron chi connectivity index (χ3n) is 6.51. The topological polar surface area (TPSA) is 57.5 Å². The number of anilines is 1. The first-order valence-corrected chi connectivity index (χ1v) is 12.5. The predicted molar refractivity (Wildman–Crippen MR) is 123 cm³/mol. The van der Waals surface area contributed by atoms with Gasteiger partial charge < -0.3 is 14.7 Å². The van der Waals surface area contributed by atoms with Gasteiger partial charge in [0.15, 0.2) is 0 Å². The molecule has 0 saturated carbocycles. The quantitative estimate of drug-likeness (QED) is 0.647. The number of likely N-dealkylation sites (tertiary alicyclic amines) is 1. The van der Waals surface area contributed by atoms with Crippen LogP contribution in [0.5, 0.6) is 0 Å². The average molecular weight is 439 g/mol. The first-order chi connectivity index (χ1) is 15.2. The number of carbonyl (C=O) groups excluding carboxylic acids is 1. The fourth-order valence-corrected chi connectivity index (χ4v) is 5.21. The lowest BCUT2D eigenvalue weighted by molar-refractivity contribution is -0.128. The molecule has 4 heterocycles. The minimum absolute atomic E-state index is 0.139. The summed E-state index contributed by atoms with van der Waals surface area (Å²) in [5.74, 6) is 1.03. The molecule has 1 amide bonds. The van der Waals surface area contributed by atoms with Crippen LogP contribution in [0.2, 0.25) is 0 Å². The van der Waals surface area contributed by atoms with Crippen molar-refractivity contribution in [2.45, 2.75) is 43.9 Å². The van der Waals surface area contributed by atoms with Crippen molar-refractivity contribution in [1.29, 1.82) is 0 Å². The molecule has 0 bridgehead atoms. The lowest BCUT2D eigenvalue weighted by Gasteiger charge is -2.39. The number of benzene rings is 1. The van der Waals surface area contributed by atoms with Crippen LogP contribution in [0.25, 0.3) is 0 Å². The van der Waals surface area contributed by atoms with Crippen molar-refractivity contribution in [3.05, 3.63) is 47.2 Å². The minimum atomic E-state index is 0.139. The molecule has 1 aromatic heterocycles. The zero-order chi connectivity index (χ0) is 21.2. The zero-order valence-corrected chi connectivity index (χ0v) is 19.0. The Labute approximate surface area is 188 Å². The van der Waals surface area contributed by atoms with Crippen molar-refractivity contribution in [3.8, 4) is 0 Å². The predicted octanol–water partition coefficient (Wildman–Crippen LogP) is 2.99. The second kappa shape index (κ2) is 9.04. The number of rotatable bonds is 6. The Kier molecular flexibility index (Phi) is 6.00. The van der Waals surface area contributed by atoms with Gasteiger partial charge in [-0.2, -0.15) is 4.98 Å². The van der Waals surface area contributed by atoms with E-state index >= 15 is 0 Å². The van der Waals surface area contributed by atoms with Crippen LogP contribution in [0.3, 0.4) is 0 Å². The molecule has 0 N–H and O–H groups in total. The molecule has 7 nitrogen and oxygen atoms in total. The minimum Gasteiger partial charge on any atom is -0.334 e. The second-order valence-corrected chi connectivity index (χ2v) is 9.27. The van der Waals surface area contributed by atoms with Gasteiger partial charge in [0.2, 0.25) is 11.1 Å². The van der Waals surface area contributed by atoms with Gasteiger partial charge >= 0.3 is 0 Å². The number of hydrogen-bond acceptors (Lipinski definition) is 6. The molecule has 3 aliphatic rings. The van der Waals surface area contributed by atoms with E-state index in [9.17, 15) is 4.79 Å². The normalized spacial score (nSPS) is 19.6. The van der Waals surface area contributed by atoms with Crippen LogP contribution in [0.4, 0.5) is 5.95 Å². The van der Waals surface area contributed by atoms with E-state index in [4.69, 9.17) is 4.98 Å². The van der Waals surface area contributed by atoms with Crippen molar-refractivity contribution in [3.63, 3.8) is 0 Å². The number of carbonyl (C=O) groups is 1. The first kappa shape index (κ1) is 20.6. The van der Waals surface area contributed by atoms with Crippen LogP contribution >= 0.6 is 11.8 Å². The molecular formula is C23H30N6OS.